The van der Waals surface area contributed by atoms with Crippen LogP contribution in [0.2, 0.25) is 0 Å². The van der Waals surface area contributed by atoms with E-state index < -0.39 is 0 Å². The molecule has 31 heavy (non-hydrogen) atoms. The number of aromatic nitrogens is 3. The average Bonchev–Trinajstić information content (AvgIpc) is 3.20. The molecule has 1 amide bonds. The number of rotatable bonds is 7. The zero-order chi connectivity index (χ0) is 22.0. The van der Waals surface area contributed by atoms with Gasteiger partial charge in [0.25, 0.3) is 11.5 Å². The van der Waals surface area contributed by atoms with E-state index in [2.05, 4.69) is 15.3 Å². The number of para-hydroxylation sites is 2. The number of fused-ring (bicyclic) bond motifs is 2. The Bertz CT molecular complexity index is 1260. The van der Waals surface area contributed by atoms with Crippen LogP contribution in [-0.2, 0) is 11.3 Å². The largest absolute Gasteiger partial charge is 0.383 e. The number of benzene rings is 2. The quantitative estimate of drug-likeness (QED) is 0.479. The second-order valence-corrected chi connectivity index (χ2v) is 7.91. The fraction of sp³-hybridized carbons (Fsp3) is 0.292. The summed E-state index contributed by atoms with van der Waals surface area (Å²) < 4.78 is 6.66. The van der Waals surface area contributed by atoms with Crippen LogP contribution < -0.4 is 10.9 Å². The Morgan fingerprint density at radius 3 is 2.55 bits per heavy atom. The molecule has 2 N–H and O–H groups in total. The standard InChI is InChI=1S/C24H26N4O3/c1-15(2)21(22-25-19-10-6-7-11-20(19)26-22)27-23(29)18-14-28(12-13-31-3)24(30)17-9-5-4-8-16(17)18/h4-11,14-15,21H,12-13H2,1-3H3,(H,25,26)(H,27,29)/t21-/m1/s1. The van der Waals surface area contributed by atoms with Gasteiger partial charge in [-0.15, -0.1) is 0 Å². The summed E-state index contributed by atoms with van der Waals surface area (Å²) in [4.78, 5) is 34.2. The number of H-pyrrole nitrogens is 1. The highest BCUT2D eigenvalue weighted by molar-refractivity contribution is 6.06. The molecule has 0 saturated carbocycles. The highest BCUT2D eigenvalue weighted by atomic mass is 16.5. The molecule has 4 aromatic rings. The SMILES string of the molecule is COCCn1cc(C(=O)N[C@@H](c2nc3ccccc3[nH]2)C(C)C)c2ccccc2c1=O. The van der Waals surface area contributed by atoms with Gasteiger partial charge < -0.3 is 19.6 Å². The van der Waals surface area contributed by atoms with E-state index in [-0.39, 0.29) is 23.4 Å². The van der Waals surface area contributed by atoms with Gasteiger partial charge in [-0.25, -0.2) is 4.98 Å². The van der Waals surface area contributed by atoms with Crippen molar-refractivity contribution in [2.75, 3.05) is 13.7 Å². The van der Waals surface area contributed by atoms with Gasteiger partial charge in [0.05, 0.1) is 29.2 Å². The number of imidazole rings is 1. The summed E-state index contributed by atoms with van der Waals surface area (Å²) in [6.07, 6.45) is 1.62. The van der Waals surface area contributed by atoms with E-state index >= 15 is 0 Å². The smallest absolute Gasteiger partial charge is 0.258 e. The second kappa shape index (κ2) is 8.73. The van der Waals surface area contributed by atoms with Crippen molar-refractivity contribution in [1.82, 2.24) is 19.9 Å². The number of aromatic amines is 1. The van der Waals surface area contributed by atoms with Gasteiger partial charge >= 0.3 is 0 Å². The Hall–Kier alpha value is -3.45. The number of pyridine rings is 1. The number of carbonyl (C=O) groups is 1. The molecule has 0 fully saturated rings. The number of amides is 1. The summed E-state index contributed by atoms with van der Waals surface area (Å²) >= 11 is 0. The number of hydrogen-bond acceptors (Lipinski definition) is 4. The van der Waals surface area contributed by atoms with Crippen molar-refractivity contribution in [1.29, 1.82) is 0 Å². The summed E-state index contributed by atoms with van der Waals surface area (Å²) in [5.74, 6) is 0.568. The normalized spacial score (nSPS) is 12.5. The van der Waals surface area contributed by atoms with E-state index in [0.29, 0.717) is 35.3 Å². The molecular formula is C24H26N4O3. The minimum Gasteiger partial charge on any atom is -0.383 e. The van der Waals surface area contributed by atoms with Crippen molar-refractivity contribution < 1.29 is 9.53 Å². The van der Waals surface area contributed by atoms with Crippen molar-refractivity contribution in [3.63, 3.8) is 0 Å². The van der Waals surface area contributed by atoms with Gasteiger partial charge in [0.15, 0.2) is 0 Å². The van der Waals surface area contributed by atoms with Crippen LogP contribution in [0.3, 0.4) is 0 Å². The fourth-order valence-corrected chi connectivity index (χ4v) is 3.77. The minimum absolute atomic E-state index is 0.107. The summed E-state index contributed by atoms with van der Waals surface area (Å²) in [6, 6.07) is 14.7. The third-order valence-electron chi connectivity index (χ3n) is 5.43. The van der Waals surface area contributed by atoms with Crippen molar-refractivity contribution in [3.05, 3.63) is 76.5 Å². The van der Waals surface area contributed by atoms with E-state index in [1.807, 2.05) is 44.2 Å². The van der Waals surface area contributed by atoms with Crippen molar-refractivity contribution in [3.8, 4) is 0 Å². The van der Waals surface area contributed by atoms with Crippen molar-refractivity contribution in [2.45, 2.75) is 26.4 Å². The molecule has 0 saturated heterocycles. The Morgan fingerprint density at radius 1 is 1.13 bits per heavy atom. The third kappa shape index (κ3) is 4.09. The predicted octanol–water partition coefficient (Wildman–Crippen LogP) is 3.65. The Balaban J connectivity index is 1.73. The zero-order valence-corrected chi connectivity index (χ0v) is 17.9. The van der Waals surface area contributed by atoms with Crippen LogP contribution >= 0.6 is 0 Å². The van der Waals surface area contributed by atoms with Crippen LogP contribution in [0, 0.1) is 5.92 Å². The Morgan fingerprint density at radius 2 is 1.84 bits per heavy atom. The summed E-state index contributed by atoms with van der Waals surface area (Å²) in [7, 11) is 1.58. The van der Waals surface area contributed by atoms with Gasteiger partial charge in [0.1, 0.15) is 5.82 Å². The maximum Gasteiger partial charge on any atom is 0.258 e. The fourth-order valence-electron chi connectivity index (χ4n) is 3.77. The lowest BCUT2D eigenvalue weighted by molar-refractivity contribution is 0.0924. The molecule has 7 heteroatoms. The highest BCUT2D eigenvalue weighted by Crippen LogP contribution is 2.24. The van der Waals surface area contributed by atoms with E-state index in [1.54, 1.807) is 31.5 Å². The maximum absolute atomic E-state index is 13.4. The van der Waals surface area contributed by atoms with Gasteiger partial charge in [-0.3, -0.25) is 9.59 Å². The predicted molar refractivity (Wildman–Crippen MR) is 121 cm³/mol. The van der Waals surface area contributed by atoms with Crippen LogP contribution in [-0.4, -0.2) is 34.2 Å². The Labute approximate surface area is 180 Å². The number of ether oxygens (including phenoxy) is 1. The van der Waals surface area contributed by atoms with Crippen LogP contribution in [0.5, 0.6) is 0 Å². The lowest BCUT2D eigenvalue weighted by Crippen LogP contribution is -2.34. The summed E-state index contributed by atoms with van der Waals surface area (Å²) in [5, 5.41) is 4.27. The highest BCUT2D eigenvalue weighted by Gasteiger charge is 2.24. The molecule has 0 bridgehead atoms. The molecule has 0 radical (unpaired) electrons. The average molecular weight is 418 g/mol. The van der Waals surface area contributed by atoms with E-state index in [4.69, 9.17) is 4.74 Å². The molecule has 2 aromatic heterocycles. The first kappa shape index (κ1) is 20.8. The molecule has 0 unspecified atom stereocenters. The molecule has 2 aromatic carbocycles. The molecule has 0 aliphatic carbocycles. The molecule has 7 nitrogen and oxygen atoms in total. The van der Waals surface area contributed by atoms with Gasteiger partial charge in [-0.2, -0.15) is 0 Å². The first-order valence-corrected chi connectivity index (χ1v) is 10.4. The number of hydrogen-bond donors (Lipinski definition) is 2. The minimum atomic E-state index is -0.307. The van der Waals surface area contributed by atoms with Gasteiger partial charge in [0.2, 0.25) is 0 Å². The van der Waals surface area contributed by atoms with Gasteiger partial charge in [-0.1, -0.05) is 44.2 Å². The lowest BCUT2D eigenvalue weighted by atomic mass is 10.0. The topological polar surface area (TPSA) is 89.0 Å². The van der Waals surface area contributed by atoms with E-state index in [9.17, 15) is 9.59 Å². The second-order valence-electron chi connectivity index (χ2n) is 7.91. The number of methoxy groups -OCH3 is 1. The van der Waals surface area contributed by atoms with E-state index in [1.165, 1.54) is 4.57 Å². The molecule has 4 rings (SSSR count). The first-order valence-electron chi connectivity index (χ1n) is 10.4. The van der Waals surface area contributed by atoms with Crippen molar-refractivity contribution in [2.24, 2.45) is 5.92 Å². The number of nitrogens with zero attached hydrogens (tertiary/aromatic N) is 2. The molecular weight excluding hydrogens is 392 g/mol. The van der Waals surface area contributed by atoms with Gasteiger partial charge in [0, 0.05) is 30.6 Å². The number of carbonyl (C=O) groups excluding carboxylic acids is 1. The van der Waals surface area contributed by atoms with Gasteiger partial charge in [-0.05, 0) is 24.1 Å². The monoisotopic (exact) mass is 418 g/mol. The van der Waals surface area contributed by atoms with E-state index in [0.717, 1.165) is 11.0 Å². The van der Waals surface area contributed by atoms with Crippen LogP contribution in [0.15, 0.2) is 59.5 Å². The molecule has 2 heterocycles. The molecule has 0 aliphatic rings. The maximum atomic E-state index is 13.4. The van der Waals surface area contributed by atoms with Crippen LogP contribution in [0.25, 0.3) is 21.8 Å². The first-order chi connectivity index (χ1) is 15.0. The molecule has 160 valence electrons. The third-order valence-corrected chi connectivity index (χ3v) is 5.43. The summed E-state index contributed by atoms with van der Waals surface area (Å²) in [5.41, 5.74) is 2.10. The van der Waals surface area contributed by atoms with Crippen LogP contribution in [0.1, 0.15) is 36.1 Å². The van der Waals surface area contributed by atoms with Crippen LogP contribution in [0.4, 0.5) is 0 Å². The van der Waals surface area contributed by atoms with Crippen molar-refractivity contribution >= 4 is 27.7 Å². The lowest BCUT2D eigenvalue weighted by Gasteiger charge is -2.21. The Kier molecular flexibility index (Phi) is 5.86. The zero-order valence-electron chi connectivity index (χ0n) is 17.9. The summed E-state index contributed by atoms with van der Waals surface area (Å²) in [6.45, 7) is 4.83. The molecule has 0 aliphatic heterocycles. The molecule has 1 atom stereocenters. The number of nitrogens with one attached hydrogen (secondary N) is 2. The molecule has 0 spiro atoms.